The Morgan fingerprint density at radius 2 is 2.21 bits per heavy atom. The number of nitrogens with zero attached hydrogens (tertiary/aromatic N) is 1. The van der Waals surface area contributed by atoms with Gasteiger partial charge in [0, 0.05) is 17.5 Å². The molecule has 0 aromatic carbocycles. The van der Waals surface area contributed by atoms with E-state index in [1.807, 2.05) is 0 Å². The van der Waals surface area contributed by atoms with E-state index in [4.69, 9.17) is 17.3 Å². The summed E-state index contributed by atoms with van der Waals surface area (Å²) in [5.41, 5.74) is 5.99. The summed E-state index contributed by atoms with van der Waals surface area (Å²) in [6.45, 7) is 4.93. The molecule has 0 amide bonds. The Labute approximate surface area is 93.7 Å². The van der Waals surface area contributed by atoms with Gasteiger partial charge < -0.3 is 11.1 Å². The van der Waals surface area contributed by atoms with E-state index in [2.05, 4.69) is 24.1 Å². The molecule has 1 heterocycles. The fraction of sp³-hybridized carbons (Fsp3) is 0.667. The maximum atomic E-state index is 6.13. The fourth-order valence-electron chi connectivity index (χ4n) is 1.09. The molecule has 5 heteroatoms. The Morgan fingerprint density at radius 3 is 2.64 bits per heavy atom. The lowest BCUT2D eigenvalue weighted by atomic mass is 9.94. The maximum Gasteiger partial charge on any atom is 0.184 e. The molecule has 0 aliphatic rings. The molecule has 1 aromatic heterocycles. The number of nitrogens with two attached hydrogens (primary N) is 1. The number of thiazole rings is 1. The van der Waals surface area contributed by atoms with Gasteiger partial charge in [0.15, 0.2) is 5.13 Å². The van der Waals surface area contributed by atoms with Crippen LogP contribution in [0.5, 0.6) is 0 Å². The van der Waals surface area contributed by atoms with Crippen molar-refractivity contribution in [2.24, 2.45) is 5.73 Å². The first kappa shape index (κ1) is 11.8. The molecule has 14 heavy (non-hydrogen) atoms. The summed E-state index contributed by atoms with van der Waals surface area (Å²) in [4.78, 5) is 4.10. The molecule has 80 valence electrons. The summed E-state index contributed by atoms with van der Waals surface area (Å²) in [6.07, 6.45) is 1.91. The molecule has 0 saturated heterocycles. The Balaban J connectivity index is 2.47. The van der Waals surface area contributed by atoms with E-state index in [0.29, 0.717) is 5.15 Å². The average molecular weight is 234 g/mol. The van der Waals surface area contributed by atoms with E-state index in [0.717, 1.165) is 24.5 Å². The van der Waals surface area contributed by atoms with E-state index < -0.39 is 0 Å². The van der Waals surface area contributed by atoms with Gasteiger partial charge in [0.2, 0.25) is 0 Å². The van der Waals surface area contributed by atoms with Gasteiger partial charge in [-0.15, -0.1) is 11.3 Å². The molecule has 0 unspecified atom stereocenters. The highest BCUT2D eigenvalue weighted by Crippen LogP contribution is 2.20. The van der Waals surface area contributed by atoms with Crippen LogP contribution in [-0.4, -0.2) is 17.1 Å². The van der Waals surface area contributed by atoms with Crippen molar-refractivity contribution in [3.8, 4) is 0 Å². The van der Waals surface area contributed by atoms with Gasteiger partial charge >= 0.3 is 0 Å². The minimum absolute atomic E-state index is 0.141. The molecule has 0 aliphatic carbocycles. The molecule has 3 nitrogen and oxygen atoms in total. The van der Waals surface area contributed by atoms with Gasteiger partial charge in [-0.3, -0.25) is 0 Å². The van der Waals surface area contributed by atoms with E-state index in [9.17, 15) is 0 Å². The van der Waals surface area contributed by atoms with E-state index in [1.165, 1.54) is 11.3 Å². The van der Waals surface area contributed by atoms with Crippen molar-refractivity contribution in [2.75, 3.05) is 11.9 Å². The standard InChI is InChI=1S/C9H16ClN3S/c1-3-9(11,4-2)6-12-8-13-7(10)5-14-8/h5H,3-4,6,11H2,1-2H3,(H,12,13). The summed E-state index contributed by atoms with van der Waals surface area (Å²) in [6, 6.07) is 0. The Hall–Kier alpha value is -0.320. The van der Waals surface area contributed by atoms with Crippen LogP contribution in [0, 0.1) is 0 Å². The van der Waals surface area contributed by atoms with Gasteiger partial charge in [-0.1, -0.05) is 25.4 Å². The molecule has 0 saturated carbocycles. The third kappa shape index (κ3) is 3.12. The third-order valence-electron chi connectivity index (χ3n) is 2.48. The number of hydrogen-bond donors (Lipinski definition) is 2. The molecule has 0 fully saturated rings. The molecule has 1 aromatic rings. The minimum atomic E-state index is -0.141. The van der Waals surface area contributed by atoms with Crippen molar-refractivity contribution in [1.29, 1.82) is 0 Å². The van der Waals surface area contributed by atoms with Crippen LogP contribution in [0.3, 0.4) is 0 Å². The van der Waals surface area contributed by atoms with Gasteiger partial charge in [0.25, 0.3) is 0 Å². The summed E-state index contributed by atoms with van der Waals surface area (Å²) in [7, 11) is 0. The fourth-order valence-corrected chi connectivity index (χ4v) is 1.92. The van der Waals surface area contributed by atoms with Crippen molar-refractivity contribution in [3.63, 3.8) is 0 Å². The quantitative estimate of drug-likeness (QED) is 0.822. The van der Waals surface area contributed by atoms with Gasteiger partial charge in [0.05, 0.1) is 0 Å². The molecule has 0 bridgehead atoms. The monoisotopic (exact) mass is 233 g/mol. The molecule has 0 atom stereocenters. The van der Waals surface area contributed by atoms with Crippen LogP contribution >= 0.6 is 22.9 Å². The largest absolute Gasteiger partial charge is 0.360 e. The van der Waals surface area contributed by atoms with Crippen molar-refractivity contribution in [3.05, 3.63) is 10.5 Å². The zero-order valence-corrected chi connectivity index (χ0v) is 10.1. The summed E-state index contributed by atoms with van der Waals surface area (Å²) in [5, 5.41) is 6.39. The SMILES string of the molecule is CCC(N)(CC)CNc1nc(Cl)cs1. The van der Waals surface area contributed by atoms with Gasteiger partial charge in [-0.05, 0) is 12.8 Å². The van der Waals surface area contributed by atoms with Crippen molar-refractivity contribution < 1.29 is 0 Å². The first-order chi connectivity index (χ1) is 6.59. The minimum Gasteiger partial charge on any atom is -0.360 e. The van der Waals surface area contributed by atoms with Crippen molar-refractivity contribution in [1.82, 2.24) is 4.98 Å². The number of anilines is 1. The number of halogens is 1. The van der Waals surface area contributed by atoms with Crippen LogP contribution < -0.4 is 11.1 Å². The summed E-state index contributed by atoms with van der Waals surface area (Å²) in [5.74, 6) is 0. The van der Waals surface area contributed by atoms with E-state index >= 15 is 0 Å². The normalized spacial score (nSPS) is 11.7. The second-order valence-corrected chi connectivity index (χ2v) is 4.64. The number of aromatic nitrogens is 1. The zero-order chi connectivity index (χ0) is 10.6. The molecule has 0 spiro atoms. The third-order valence-corrected chi connectivity index (χ3v) is 3.60. The van der Waals surface area contributed by atoms with Gasteiger partial charge in [-0.25, -0.2) is 4.98 Å². The second-order valence-electron chi connectivity index (χ2n) is 3.40. The summed E-state index contributed by atoms with van der Waals surface area (Å²) < 4.78 is 0. The van der Waals surface area contributed by atoms with Crippen LogP contribution in [0.2, 0.25) is 5.15 Å². The molecule has 0 radical (unpaired) electrons. The van der Waals surface area contributed by atoms with Crippen LogP contribution in [-0.2, 0) is 0 Å². The lowest BCUT2D eigenvalue weighted by Crippen LogP contribution is -2.45. The Kier molecular flexibility index (Phi) is 4.16. The van der Waals surface area contributed by atoms with Gasteiger partial charge in [-0.2, -0.15) is 0 Å². The lowest BCUT2D eigenvalue weighted by Gasteiger charge is -2.26. The topological polar surface area (TPSA) is 50.9 Å². The first-order valence-electron chi connectivity index (χ1n) is 4.73. The Bertz CT molecular complexity index is 283. The Morgan fingerprint density at radius 1 is 1.57 bits per heavy atom. The van der Waals surface area contributed by atoms with E-state index in [1.54, 1.807) is 5.38 Å². The highest BCUT2D eigenvalue weighted by atomic mass is 35.5. The van der Waals surface area contributed by atoms with Crippen LogP contribution in [0.15, 0.2) is 5.38 Å². The smallest absolute Gasteiger partial charge is 0.184 e. The predicted molar refractivity (Wildman–Crippen MR) is 63.1 cm³/mol. The average Bonchev–Trinajstić information content (AvgIpc) is 2.61. The van der Waals surface area contributed by atoms with E-state index in [-0.39, 0.29) is 5.54 Å². The molecule has 3 N–H and O–H groups in total. The lowest BCUT2D eigenvalue weighted by molar-refractivity contribution is 0.418. The van der Waals surface area contributed by atoms with Crippen LogP contribution in [0.25, 0.3) is 0 Å². The molecular formula is C9H16ClN3S. The maximum absolute atomic E-state index is 6.13. The highest BCUT2D eigenvalue weighted by Gasteiger charge is 2.19. The molecular weight excluding hydrogens is 218 g/mol. The van der Waals surface area contributed by atoms with Crippen LogP contribution in [0.4, 0.5) is 5.13 Å². The molecule has 0 aliphatic heterocycles. The van der Waals surface area contributed by atoms with Gasteiger partial charge in [0.1, 0.15) is 5.15 Å². The number of nitrogens with one attached hydrogen (secondary N) is 1. The second kappa shape index (κ2) is 4.96. The van der Waals surface area contributed by atoms with Crippen molar-refractivity contribution >= 4 is 28.1 Å². The van der Waals surface area contributed by atoms with Crippen LogP contribution in [0.1, 0.15) is 26.7 Å². The van der Waals surface area contributed by atoms with Crippen molar-refractivity contribution in [2.45, 2.75) is 32.2 Å². The first-order valence-corrected chi connectivity index (χ1v) is 5.99. The number of rotatable bonds is 5. The predicted octanol–water partition coefficient (Wildman–Crippen LogP) is 2.73. The summed E-state index contributed by atoms with van der Waals surface area (Å²) >= 11 is 7.21. The molecule has 1 rings (SSSR count). The zero-order valence-electron chi connectivity index (χ0n) is 8.51. The highest BCUT2D eigenvalue weighted by molar-refractivity contribution is 7.14. The number of hydrogen-bond acceptors (Lipinski definition) is 4.